The van der Waals surface area contributed by atoms with Gasteiger partial charge in [-0.2, -0.15) is 0 Å². The molecule has 0 saturated heterocycles. The van der Waals surface area contributed by atoms with Gasteiger partial charge in [0, 0.05) is 0 Å². The van der Waals surface area contributed by atoms with Gasteiger partial charge >= 0.3 is 0 Å². The molecule has 0 aromatic carbocycles. The normalized spacial score (nSPS) is 17.9. The minimum absolute atomic E-state index is 0.775. The summed E-state index contributed by atoms with van der Waals surface area (Å²) in [5, 5.41) is 18.4. The molecule has 1 aliphatic carbocycles. The summed E-state index contributed by atoms with van der Waals surface area (Å²) >= 11 is 0. The van der Waals surface area contributed by atoms with Crippen molar-refractivity contribution in [1.29, 1.82) is 0 Å². The summed E-state index contributed by atoms with van der Waals surface area (Å²) < 4.78 is 0. The second-order valence-electron chi connectivity index (χ2n) is 4.76. The molecule has 1 aliphatic rings. The predicted molar refractivity (Wildman–Crippen MR) is 96.2 cm³/mol. The maximum Gasteiger partial charge on any atom is 0.133 e. The SMILES string of the molecule is C#CC(O)/C=C\C=C\C1=CC=CC=C(/C=C/C=C\C(O)C#C)C1. The summed E-state index contributed by atoms with van der Waals surface area (Å²) in [6.07, 6.45) is 31.4. The van der Waals surface area contributed by atoms with Crippen LogP contribution in [0.25, 0.3) is 0 Å². The standard InChI is InChI=1S/C21H20O2/c1-3-20(22)15-9-7-13-18-11-5-6-12-19(17-18)14-8-10-16-21(23)4-2/h1-2,5-16,20-23H,17H2/b13-7+,14-8+,15-9-,16-10-. The predicted octanol–water partition coefficient (Wildman–Crippen LogP) is 3.01. The number of aliphatic hydroxyl groups excluding tert-OH is 2. The fourth-order valence-electron chi connectivity index (χ4n) is 1.75. The van der Waals surface area contributed by atoms with Gasteiger partial charge in [0.1, 0.15) is 12.2 Å². The van der Waals surface area contributed by atoms with Crippen LogP contribution in [0.3, 0.4) is 0 Å². The zero-order chi connectivity index (χ0) is 16.9. The summed E-state index contributed by atoms with van der Waals surface area (Å²) in [6, 6.07) is 0. The molecule has 0 amide bonds. The molecule has 2 nitrogen and oxygen atoms in total. The second-order valence-corrected chi connectivity index (χ2v) is 4.76. The zero-order valence-electron chi connectivity index (χ0n) is 12.8. The Morgan fingerprint density at radius 2 is 1.26 bits per heavy atom. The van der Waals surface area contributed by atoms with Gasteiger partial charge in [-0.05, 0) is 29.7 Å². The summed E-state index contributed by atoms with van der Waals surface area (Å²) in [5.41, 5.74) is 2.25. The van der Waals surface area contributed by atoms with E-state index in [2.05, 4.69) is 11.8 Å². The maximum absolute atomic E-state index is 9.22. The molecule has 2 atom stereocenters. The van der Waals surface area contributed by atoms with Crippen molar-refractivity contribution in [2.75, 3.05) is 0 Å². The van der Waals surface area contributed by atoms with Crippen molar-refractivity contribution >= 4 is 0 Å². The molecular weight excluding hydrogens is 284 g/mol. The summed E-state index contributed by atoms with van der Waals surface area (Å²) in [6.45, 7) is 0. The van der Waals surface area contributed by atoms with E-state index in [-0.39, 0.29) is 0 Å². The van der Waals surface area contributed by atoms with Gasteiger partial charge in [0.25, 0.3) is 0 Å². The molecular formula is C21H20O2. The van der Waals surface area contributed by atoms with Gasteiger partial charge in [0.15, 0.2) is 0 Å². The molecule has 0 aliphatic heterocycles. The highest BCUT2D eigenvalue weighted by molar-refractivity contribution is 5.40. The minimum Gasteiger partial charge on any atom is -0.377 e. The molecule has 0 bridgehead atoms. The first-order chi connectivity index (χ1) is 11.2. The van der Waals surface area contributed by atoms with Crippen LogP contribution < -0.4 is 0 Å². The molecule has 0 saturated carbocycles. The van der Waals surface area contributed by atoms with Crippen LogP contribution >= 0.6 is 0 Å². The highest BCUT2D eigenvalue weighted by Gasteiger charge is 1.98. The van der Waals surface area contributed by atoms with Crippen LogP contribution in [0.1, 0.15) is 6.42 Å². The van der Waals surface area contributed by atoms with Gasteiger partial charge in [-0.15, -0.1) is 12.8 Å². The zero-order valence-corrected chi connectivity index (χ0v) is 12.8. The first-order valence-corrected chi connectivity index (χ1v) is 7.20. The number of rotatable bonds is 6. The highest BCUT2D eigenvalue weighted by atomic mass is 16.3. The summed E-state index contributed by atoms with van der Waals surface area (Å²) in [7, 11) is 0. The molecule has 0 aromatic heterocycles. The molecule has 0 fully saturated rings. The van der Waals surface area contributed by atoms with E-state index in [1.807, 2.05) is 48.6 Å². The van der Waals surface area contributed by atoms with Crippen LogP contribution in [0, 0.1) is 24.7 Å². The fraction of sp³-hybridized carbons (Fsp3) is 0.143. The molecule has 23 heavy (non-hydrogen) atoms. The van der Waals surface area contributed by atoms with Crippen molar-refractivity contribution in [3.63, 3.8) is 0 Å². The van der Waals surface area contributed by atoms with Crippen LogP contribution in [0.2, 0.25) is 0 Å². The Labute approximate surface area is 138 Å². The number of terminal acetylenes is 2. The third kappa shape index (κ3) is 8.29. The van der Waals surface area contributed by atoms with Crippen molar-refractivity contribution in [2.24, 2.45) is 0 Å². The van der Waals surface area contributed by atoms with Crippen molar-refractivity contribution in [3.8, 4) is 24.7 Å². The first kappa shape index (κ1) is 18.3. The average molecular weight is 304 g/mol. The van der Waals surface area contributed by atoms with Crippen LogP contribution in [-0.4, -0.2) is 22.4 Å². The Morgan fingerprint density at radius 3 is 1.65 bits per heavy atom. The number of allylic oxidation sites excluding steroid dienone is 12. The monoisotopic (exact) mass is 304 g/mol. The topological polar surface area (TPSA) is 40.5 Å². The van der Waals surface area contributed by atoms with Gasteiger partial charge in [0.05, 0.1) is 0 Å². The van der Waals surface area contributed by atoms with Crippen LogP contribution in [-0.2, 0) is 0 Å². The second kappa shape index (κ2) is 10.9. The van der Waals surface area contributed by atoms with E-state index in [4.69, 9.17) is 12.8 Å². The van der Waals surface area contributed by atoms with Crippen molar-refractivity contribution < 1.29 is 10.2 Å². The molecule has 0 radical (unpaired) electrons. The smallest absolute Gasteiger partial charge is 0.133 e. The Balaban J connectivity index is 2.63. The van der Waals surface area contributed by atoms with Gasteiger partial charge in [-0.3, -0.25) is 0 Å². The van der Waals surface area contributed by atoms with Crippen molar-refractivity contribution in [3.05, 3.63) is 84.1 Å². The van der Waals surface area contributed by atoms with Crippen molar-refractivity contribution in [2.45, 2.75) is 18.6 Å². The Kier molecular flexibility index (Phi) is 8.64. The molecule has 0 spiro atoms. The van der Waals surface area contributed by atoms with Crippen LogP contribution in [0.4, 0.5) is 0 Å². The van der Waals surface area contributed by atoms with E-state index in [0.29, 0.717) is 0 Å². The lowest BCUT2D eigenvalue weighted by Crippen LogP contribution is -1.94. The summed E-state index contributed by atoms with van der Waals surface area (Å²) in [4.78, 5) is 0. The number of aliphatic hydroxyl groups is 2. The molecule has 1 rings (SSSR count). The molecule has 2 N–H and O–H groups in total. The fourth-order valence-corrected chi connectivity index (χ4v) is 1.75. The van der Waals surface area contributed by atoms with Crippen LogP contribution in [0.5, 0.6) is 0 Å². The van der Waals surface area contributed by atoms with Gasteiger partial charge in [-0.1, -0.05) is 72.6 Å². The maximum atomic E-state index is 9.22. The van der Waals surface area contributed by atoms with Gasteiger partial charge < -0.3 is 10.2 Å². The molecule has 2 heteroatoms. The van der Waals surface area contributed by atoms with E-state index < -0.39 is 12.2 Å². The Bertz CT molecular complexity index is 610. The third-order valence-electron chi connectivity index (χ3n) is 2.91. The average Bonchev–Trinajstić information content (AvgIpc) is 2.80. The Morgan fingerprint density at radius 1 is 0.826 bits per heavy atom. The third-order valence-corrected chi connectivity index (χ3v) is 2.91. The quantitative estimate of drug-likeness (QED) is 0.585. The van der Waals surface area contributed by atoms with Gasteiger partial charge in [0.2, 0.25) is 0 Å². The molecule has 116 valence electrons. The van der Waals surface area contributed by atoms with Gasteiger partial charge in [-0.25, -0.2) is 0 Å². The lowest BCUT2D eigenvalue weighted by molar-refractivity contribution is 0.280. The lowest BCUT2D eigenvalue weighted by Gasteiger charge is -2.01. The van der Waals surface area contributed by atoms with E-state index >= 15 is 0 Å². The Hall–Kier alpha value is -2.78. The number of hydrogen-bond donors (Lipinski definition) is 2. The highest BCUT2D eigenvalue weighted by Crippen LogP contribution is 2.17. The largest absolute Gasteiger partial charge is 0.377 e. The van der Waals surface area contributed by atoms with E-state index in [0.717, 1.165) is 17.6 Å². The van der Waals surface area contributed by atoms with E-state index in [9.17, 15) is 10.2 Å². The van der Waals surface area contributed by atoms with Crippen molar-refractivity contribution in [1.82, 2.24) is 0 Å². The molecule has 2 unspecified atom stereocenters. The lowest BCUT2D eigenvalue weighted by atomic mass is 10.0. The molecule has 0 aromatic rings. The minimum atomic E-state index is -0.855. The van der Waals surface area contributed by atoms with E-state index in [1.165, 1.54) is 0 Å². The van der Waals surface area contributed by atoms with Crippen LogP contribution in [0.15, 0.2) is 84.1 Å². The molecule has 0 heterocycles. The van der Waals surface area contributed by atoms with E-state index in [1.54, 1.807) is 24.3 Å². The summed E-state index contributed by atoms with van der Waals surface area (Å²) in [5.74, 6) is 4.43. The number of hydrogen-bond acceptors (Lipinski definition) is 2. The first-order valence-electron chi connectivity index (χ1n) is 7.20.